The highest BCUT2D eigenvalue weighted by Gasteiger charge is 2.25. The summed E-state index contributed by atoms with van der Waals surface area (Å²) in [5, 5.41) is 1.26. The Morgan fingerprint density at radius 1 is 1.44 bits per heavy atom. The molecule has 0 radical (unpaired) electrons. The molecule has 0 bridgehead atoms. The molecule has 0 aliphatic carbocycles. The number of likely N-dealkylation sites (tertiary alicyclic amines) is 1. The van der Waals surface area contributed by atoms with E-state index in [0.717, 1.165) is 25.1 Å². The van der Waals surface area contributed by atoms with Gasteiger partial charge in [-0.1, -0.05) is 11.6 Å². The van der Waals surface area contributed by atoms with E-state index in [0.29, 0.717) is 10.3 Å². The van der Waals surface area contributed by atoms with E-state index in [4.69, 9.17) is 11.6 Å². The molecule has 86 valence electrons. The topological polar surface area (TPSA) is 20.3 Å². The minimum Gasteiger partial charge on any atom is -0.337 e. The van der Waals surface area contributed by atoms with E-state index >= 15 is 0 Å². The normalized spacial score (nSPS) is 20.1. The van der Waals surface area contributed by atoms with Crippen LogP contribution in [0.2, 0.25) is 5.02 Å². The van der Waals surface area contributed by atoms with E-state index in [1.54, 1.807) is 24.3 Å². The van der Waals surface area contributed by atoms with E-state index in [-0.39, 0.29) is 5.91 Å². The van der Waals surface area contributed by atoms with Crippen molar-refractivity contribution in [1.29, 1.82) is 0 Å². The van der Waals surface area contributed by atoms with Crippen molar-refractivity contribution in [2.24, 2.45) is 0 Å². The van der Waals surface area contributed by atoms with Gasteiger partial charge in [0.2, 0.25) is 0 Å². The van der Waals surface area contributed by atoms with Crippen LogP contribution in [-0.4, -0.2) is 35.4 Å². The minimum atomic E-state index is 0.119. The summed E-state index contributed by atoms with van der Waals surface area (Å²) in [7, 11) is 0. The summed E-state index contributed by atoms with van der Waals surface area (Å²) in [4.78, 5) is 14.0. The molecule has 1 amide bonds. The molecule has 1 aliphatic rings. The Labute approximate surface area is 105 Å². The molecule has 2 nitrogen and oxygen atoms in total. The van der Waals surface area contributed by atoms with Crippen molar-refractivity contribution in [2.75, 3.05) is 19.3 Å². The molecule has 1 unspecified atom stereocenters. The maximum Gasteiger partial charge on any atom is 0.253 e. The molecule has 0 N–H and O–H groups in total. The molecular formula is C12H14ClNOS. The van der Waals surface area contributed by atoms with Crippen LogP contribution in [-0.2, 0) is 0 Å². The quantitative estimate of drug-likeness (QED) is 0.810. The molecular weight excluding hydrogens is 242 g/mol. The van der Waals surface area contributed by atoms with Crippen LogP contribution >= 0.6 is 23.4 Å². The number of carbonyl (C=O) groups is 1. The summed E-state index contributed by atoms with van der Waals surface area (Å²) in [6.07, 6.45) is 3.20. The van der Waals surface area contributed by atoms with Gasteiger partial charge in [-0.05, 0) is 36.9 Å². The Morgan fingerprint density at radius 3 is 2.69 bits per heavy atom. The van der Waals surface area contributed by atoms with Crippen LogP contribution in [0.1, 0.15) is 16.8 Å². The Balaban J connectivity index is 2.05. The summed E-state index contributed by atoms with van der Waals surface area (Å²) in [6.45, 7) is 1.73. The third-order valence-corrected chi connectivity index (χ3v) is 4.16. The van der Waals surface area contributed by atoms with Crippen molar-refractivity contribution in [1.82, 2.24) is 4.90 Å². The van der Waals surface area contributed by atoms with Crippen molar-refractivity contribution >= 4 is 29.3 Å². The second kappa shape index (κ2) is 5.11. The van der Waals surface area contributed by atoms with Gasteiger partial charge in [-0.15, -0.1) is 0 Å². The highest BCUT2D eigenvalue weighted by atomic mass is 35.5. The zero-order valence-electron chi connectivity index (χ0n) is 9.15. The molecule has 0 saturated carbocycles. The van der Waals surface area contributed by atoms with E-state index in [1.807, 2.05) is 16.7 Å². The fourth-order valence-electron chi connectivity index (χ4n) is 1.88. The Bertz CT molecular complexity index is 379. The van der Waals surface area contributed by atoms with E-state index in [1.165, 1.54) is 0 Å². The number of thioether (sulfide) groups is 1. The zero-order chi connectivity index (χ0) is 11.5. The van der Waals surface area contributed by atoms with Crippen molar-refractivity contribution in [3.8, 4) is 0 Å². The number of benzene rings is 1. The summed E-state index contributed by atoms with van der Waals surface area (Å²) in [6, 6.07) is 7.10. The molecule has 0 aromatic heterocycles. The second-order valence-corrected chi connectivity index (χ2v) is 5.48. The van der Waals surface area contributed by atoms with Crippen molar-refractivity contribution in [2.45, 2.75) is 11.7 Å². The fraction of sp³-hybridized carbons (Fsp3) is 0.417. The zero-order valence-corrected chi connectivity index (χ0v) is 10.7. The number of hydrogen-bond donors (Lipinski definition) is 0. The first-order valence-corrected chi connectivity index (χ1v) is 6.95. The first-order chi connectivity index (χ1) is 7.70. The van der Waals surface area contributed by atoms with Crippen molar-refractivity contribution in [3.05, 3.63) is 34.9 Å². The van der Waals surface area contributed by atoms with Crippen LogP contribution in [0, 0.1) is 0 Å². The molecule has 4 heteroatoms. The van der Waals surface area contributed by atoms with Crippen LogP contribution in [0.3, 0.4) is 0 Å². The fourth-order valence-corrected chi connectivity index (χ4v) is 2.68. The van der Waals surface area contributed by atoms with Gasteiger partial charge in [0.15, 0.2) is 0 Å². The van der Waals surface area contributed by atoms with Gasteiger partial charge in [0.1, 0.15) is 0 Å². The third kappa shape index (κ3) is 2.53. The first-order valence-electron chi connectivity index (χ1n) is 5.28. The van der Waals surface area contributed by atoms with Crippen LogP contribution < -0.4 is 0 Å². The third-order valence-electron chi connectivity index (χ3n) is 2.86. The van der Waals surface area contributed by atoms with Gasteiger partial charge in [0, 0.05) is 28.9 Å². The van der Waals surface area contributed by atoms with Crippen LogP contribution in [0.25, 0.3) is 0 Å². The standard InChI is InChI=1S/C12H14ClNOS/c1-16-11-6-7-14(8-11)12(15)9-2-4-10(13)5-3-9/h2-5,11H,6-8H2,1H3. The van der Waals surface area contributed by atoms with Gasteiger partial charge in [-0.2, -0.15) is 11.8 Å². The predicted molar refractivity (Wildman–Crippen MR) is 69.3 cm³/mol. The highest BCUT2D eigenvalue weighted by molar-refractivity contribution is 7.99. The van der Waals surface area contributed by atoms with Crippen molar-refractivity contribution < 1.29 is 4.79 Å². The molecule has 1 aromatic carbocycles. The number of hydrogen-bond acceptors (Lipinski definition) is 2. The largest absolute Gasteiger partial charge is 0.337 e. The Kier molecular flexibility index (Phi) is 3.77. The van der Waals surface area contributed by atoms with Gasteiger partial charge in [-0.25, -0.2) is 0 Å². The number of nitrogens with zero attached hydrogens (tertiary/aromatic N) is 1. The average Bonchev–Trinajstić information content (AvgIpc) is 2.77. The lowest BCUT2D eigenvalue weighted by atomic mass is 10.2. The van der Waals surface area contributed by atoms with Gasteiger partial charge >= 0.3 is 0 Å². The molecule has 1 heterocycles. The van der Waals surface area contributed by atoms with Gasteiger partial charge in [-0.3, -0.25) is 4.79 Å². The number of halogens is 1. The van der Waals surface area contributed by atoms with E-state index < -0.39 is 0 Å². The monoisotopic (exact) mass is 255 g/mol. The van der Waals surface area contributed by atoms with Gasteiger partial charge < -0.3 is 4.90 Å². The molecule has 1 atom stereocenters. The van der Waals surface area contributed by atoms with Gasteiger partial charge in [0.25, 0.3) is 5.91 Å². The SMILES string of the molecule is CSC1CCN(C(=O)c2ccc(Cl)cc2)C1. The lowest BCUT2D eigenvalue weighted by Crippen LogP contribution is -2.28. The average molecular weight is 256 g/mol. The maximum absolute atomic E-state index is 12.1. The van der Waals surface area contributed by atoms with Crippen LogP contribution in [0.5, 0.6) is 0 Å². The molecule has 0 spiro atoms. The van der Waals surface area contributed by atoms with E-state index in [9.17, 15) is 4.79 Å². The minimum absolute atomic E-state index is 0.119. The summed E-state index contributed by atoms with van der Waals surface area (Å²) >= 11 is 7.63. The number of amides is 1. The molecule has 16 heavy (non-hydrogen) atoms. The molecule has 2 rings (SSSR count). The lowest BCUT2D eigenvalue weighted by molar-refractivity contribution is 0.0793. The molecule has 1 aromatic rings. The number of carbonyl (C=O) groups excluding carboxylic acids is 1. The summed E-state index contributed by atoms with van der Waals surface area (Å²) in [5.74, 6) is 0.119. The van der Waals surface area contributed by atoms with Crippen LogP contribution in [0.15, 0.2) is 24.3 Å². The molecule has 1 fully saturated rings. The predicted octanol–water partition coefficient (Wildman–Crippen LogP) is 2.92. The van der Waals surface area contributed by atoms with Crippen LogP contribution in [0.4, 0.5) is 0 Å². The Morgan fingerprint density at radius 2 is 2.12 bits per heavy atom. The number of rotatable bonds is 2. The lowest BCUT2D eigenvalue weighted by Gasteiger charge is -2.16. The summed E-state index contributed by atoms with van der Waals surface area (Å²) in [5.41, 5.74) is 0.728. The summed E-state index contributed by atoms with van der Waals surface area (Å²) < 4.78 is 0. The molecule has 1 saturated heterocycles. The highest BCUT2D eigenvalue weighted by Crippen LogP contribution is 2.22. The van der Waals surface area contributed by atoms with Gasteiger partial charge in [0.05, 0.1) is 0 Å². The Hall–Kier alpha value is -0.670. The molecule has 1 aliphatic heterocycles. The first kappa shape index (κ1) is 11.8. The maximum atomic E-state index is 12.1. The van der Waals surface area contributed by atoms with Crippen molar-refractivity contribution in [3.63, 3.8) is 0 Å². The second-order valence-electron chi connectivity index (χ2n) is 3.90. The van der Waals surface area contributed by atoms with E-state index in [2.05, 4.69) is 6.26 Å². The smallest absolute Gasteiger partial charge is 0.253 e.